The number of piperidine rings is 1. The molecule has 2 aromatic rings. The number of carbonyl (C=O) groups excluding carboxylic acids is 1. The third-order valence-corrected chi connectivity index (χ3v) is 4.47. The minimum atomic E-state index is -0.454. The molecule has 1 atom stereocenters. The fraction of sp³-hybridized carbons (Fsp3) is 0.316. The number of benzene rings is 2. The van der Waals surface area contributed by atoms with Crippen LogP contribution in [0.4, 0.5) is 11.4 Å². The Morgan fingerprint density at radius 2 is 1.96 bits per heavy atom. The average molecular weight is 324 g/mol. The van der Waals surface area contributed by atoms with E-state index in [1.165, 1.54) is 18.6 Å². The highest BCUT2D eigenvalue weighted by Gasteiger charge is 2.24. The Bertz CT molecular complexity index is 758. The van der Waals surface area contributed by atoms with E-state index in [0.717, 1.165) is 25.2 Å². The van der Waals surface area contributed by atoms with E-state index < -0.39 is 4.92 Å². The Labute approximate surface area is 141 Å². The van der Waals surface area contributed by atoms with E-state index >= 15 is 0 Å². The Balaban J connectivity index is 2.05. The molecule has 0 aromatic heterocycles. The monoisotopic (exact) mass is 324 g/mol. The van der Waals surface area contributed by atoms with Crippen LogP contribution in [0.5, 0.6) is 0 Å². The van der Waals surface area contributed by atoms with Gasteiger partial charge < -0.3 is 4.90 Å². The highest BCUT2D eigenvalue weighted by molar-refractivity contribution is 6.12. The largest absolute Gasteiger partial charge is 0.371 e. The summed E-state index contributed by atoms with van der Waals surface area (Å²) in [6.45, 7) is 3.93. The average Bonchev–Trinajstić information content (AvgIpc) is 2.61. The minimum absolute atomic E-state index is 0.0527. The van der Waals surface area contributed by atoms with Crippen molar-refractivity contribution in [2.45, 2.75) is 19.8 Å². The predicted molar refractivity (Wildman–Crippen MR) is 93.6 cm³/mol. The van der Waals surface area contributed by atoms with Gasteiger partial charge in [-0.1, -0.05) is 37.3 Å². The van der Waals surface area contributed by atoms with E-state index in [0.29, 0.717) is 17.0 Å². The van der Waals surface area contributed by atoms with E-state index in [-0.39, 0.29) is 11.5 Å². The lowest BCUT2D eigenvalue weighted by Gasteiger charge is -2.33. The van der Waals surface area contributed by atoms with Crippen LogP contribution in [0.2, 0.25) is 0 Å². The van der Waals surface area contributed by atoms with Gasteiger partial charge in [0.2, 0.25) is 0 Å². The molecule has 1 aliphatic rings. The zero-order valence-corrected chi connectivity index (χ0v) is 13.6. The zero-order chi connectivity index (χ0) is 17.1. The minimum Gasteiger partial charge on any atom is -0.371 e. The smallest absolute Gasteiger partial charge is 0.270 e. The van der Waals surface area contributed by atoms with E-state index in [1.54, 1.807) is 30.3 Å². The first-order chi connectivity index (χ1) is 11.6. The first-order valence-corrected chi connectivity index (χ1v) is 8.19. The van der Waals surface area contributed by atoms with Crippen molar-refractivity contribution in [2.75, 3.05) is 18.0 Å². The summed E-state index contributed by atoms with van der Waals surface area (Å²) in [7, 11) is 0. The van der Waals surface area contributed by atoms with Gasteiger partial charge in [-0.15, -0.1) is 0 Å². The molecule has 1 aliphatic heterocycles. The van der Waals surface area contributed by atoms with Gasteiger partial charge >= 0.3 is 0 Å². The van der Waals surface area contributed by atoms with Crippen LogP contribution in [-0.2, 0) is 0 Å². The van der Waals surface area contributed by atoms with Gasteiger partial charge in [0.25, 0.3) is 5.69 Å². The first-order valence-electron chi connectivity index (χ1n) is 8.19. The molecule has 1 fully saturated rings. The fourth-order valence-corrected chi connectivity index (χ4v) is 3.25. The summed E-state index contributed by atoms with van der Waals surface area (Å²) in [5.41, 5.74) is 1.69. The summed E-state index contributed by atoms with van der Waals surface area (Å²) in [4.78, 5) is 25.8. The second-order valence-corrected chi connectivity index (χ2v) is 6.35. The van der Waals surface area contributed by atoms with E-state index in [4.69, 9.17) is 0 Å². The normalized spacial score (nSPS) is 17.5. The van der Waals surface area contributed by atoms with Gasteiger partial charge in [0.15, 0.2) is 5.78 Å². The molecular formula is C19H20N2O3. The molecule has 5 heteroatoms. The second-order valence-electron chi connectivity index (χ2n) is 6.35. The fourth-order valence-electron chi connectivity index (χ4n) is 3.25. The van der Waals surface area contributed by atoms with Crippen molar-refractivity contribution < 1.29 is 9.72 Å². The summed E-state index contributed by atoms with van der Waals surface area (Å²) < 4.78 is 0. The van der Waals surface area contributed by atoms with Gasteiger partial charge in [-0.05, 0) is 24.8 Å². The third kappa shape index (κ3) is 3.30. The van der Waals surface area contributed by atoms with Crippen molar-refractivity contribution in [3.63, 3.8) is 0 Å². The summed E-state index contributed by atoms with van der Waals surface area (Å²) in [6.07, 6.45) is 2.24. The molecule has 1 saturated heterocycles. The number of rotatable bonds is 4. The molecule has 0 bridgehead atoms. The van der Waals surface area contributed by atoms with Gasteiger partial charge in [-0.2, -0.15) is 0 Å². The van der Waals surface area contributed by atoms with Crippen LogP contribution >= 0.6 is 0 Å². The topological polar surface area (TPSA) is 63.4 Å². The molecule has 1 heterocycles. The number of non-ortho nitro benzene ring substituents is 1. The number of hydrogen-bond acceptors (Lipinski definition) is 4. The lowest BCUT2D eigenvalue weighted by Crippen LogP contribution is -2.35. The van der Waals surface area contributed by atoms with Gasteiger partial charge in [0.05, 0.1) is 10.5 Å². The zero-order valence-electron chi connectivity index (χ0n) is 13.6. The lowest BCUT2D eigenvalue weighted by atomic mass is 9.96. The van der Waals surface area contributed by atoms with Crippen LogP contribution in [0.1, 0.15) is 35.7 Å². The number of hydrogen-bond donors (Lipinski definition) is 0. The first kappa shape index (κ1) is 16.2. The molecular weight excluding hydrogens is 304 g/mol. The van der Waals surface area contributed by atoms with Crippen molar-refractivity contribution in [3.05, 3.63) is 69.8 Å². The van der Waals surface area contributed by atoms with Crippen molar-refractivity contribution >= 4 is 17.2 Å². The summed E-state index contributed by atoms with van der Waals surface area (Å²) in [5, 5.41) is 11.1. The molecule has 24 heavy (non-hydrogen) atoms. The number of nitro benzene ring substituents is 1. The molecule has 2 aromatic carbocycles. The summed E-state index contributed by atoms with van der Waals surface area (Å²) in [5.74, 6) is 0.376. The molecule has 124 valence electrons. The van der Waals surface area contributed by atoms with Crippen molar-refractivity contribution in [1.29, 1.82) is 0 Å². The number of ketones is 1. The summed E-state index contributed by atoms with van der Waals surface area (Å²) >= 11 is 0. The van der Waals surface area contributed by atoms with Gasteiger partial charge in [-0.3, -0.25) is 14.9 Å². The molecule has 0 amide bonds. The maximum absolute atomic E-state index is 12.9. The predicted octanol–water partition coefficient (Wildman–Crippen LogP) is 4.06. The lowest BCUT2D eigenvalue weighted by molar-refractivity contribution is -0.384. The van der Waals surface area contributed by atoms with Crippen molar-refractivity contribution in [2.24, 2.45) is 5.92 Å². The Hall–Kier alpha value is -2.69. The molecule has 0 saturated carbocycles. The molecule has 0 radical (unpaired) electrons. The maximum atomic E-state index is 12.9. The van der Waals surface area contributed by atoms with Gasteiger partial charge in [0, 0.05) is 36.5 Å². The van der Waals surface area contributed by atoms with Gasteiger partial charge in [0.1, 0.15) is 0 Å². The highest BCUT2D eigenvalue weighted by Crippen LogP contribution is 2.31. The van der Waals surface area contributed by atoms with Crippen LogP contribution < -0.4 is 4.90 Å². The molecule has 0 aliphatic carbocycles. The number of nitrogens with zero attached hydrogens (tertiary/aromatic N) is 2. The van der Waals surface area contributed by atoms with Crippen LogP contribution in [-0.4, -0.2) is 23.8 Å². The van der Waals surface area contributed by atoms with Crippen LogP contribution in [0.3, 0.4) is 0 Å². The van der Waals surface area contributed by atoms with E-state index in [9.17, 15) is 14.9 Å². The van der Waals surface area contributed by atoms with Crippen LogP contribution in [0.15, 0.2) is 48.5 Å². The SMILES string of the molecule is C[C@@H]1CCCN(c2ccc([N+](=O)[O-])cc2C(=O)c2ccccc2)C1. The molecule has 0 N–H and O–H groups in total. The van der Waals surface area contributed by atoms with Gasteiger partial charge in [-0.25, -0.2) is 0 Å². The van der Waals surface area contributed by atoms with Crippen LogP contribution in [0.25, 0.3) is 0 Å². The number of anilines is 1. The quantitative estimate of drug-likeness (QED) is 0.483. The Kier molecular flexibility index (Phi) is 4.60. The maximum Gasteiger partial charge on any atom is 0.270 e. The Morgan fingerprint density at radius 3 is 2.62 bits per heavy atom. The second kappa shape index (κ2) is 6.83. The standard InChI is InChI=1S/C19H20N2O3/c1-14-6-5-11-20(13-14)18-10-9-16(21(23)24)12-17(18)19(22)15-7-3-2-4-8-15/h2-4,7-10,12,14H,5-6,11,13H2,1H3/t14-/m1/s1. The highest BCUT2D eigenvalue weighted by atomic mass is 16.6. The van der Waals surface area contributed by atoms with E-state index in [1.807, 2.05) is 6.07 Å². The third-order valence-electron chi connectivity index (χ3n) is 4.47. The summed E-state index contributed by atoms with van der Waals surface area (Å²) in [6, 6.07) is 13.5. The number of carbonyl (C=O) groups is 1. The molecule has 3 rings (SSSR count). The van der Waals surface area contributed by atoms with Crippen LogP contribution in [0, 0.1) is 16.0 Å². The molecule has 0 spiro atoms. The van der Waals surface area contributed by atoms with E-state index in [2.05, 4.69) is 11.8 Å². The molecule has 0 unspecified atom stereocenters. The number of nitro groups is 1. The Morgan fingerprint density at radius 1 is 1.21 bits per heavy atom. The van der Waals surface area contributed by atoms with Crippen molar-refractivity contribution in [1.82, 2.24) is 0 Å². The molecule has 5 nitrogen and oxygen atoms in total. The van der Waals surface area contributed by atoms with Crippen molar-refractivity contribution in [3.8, 4) is 0 Å².